The van der Waals surface area contributed by atoms with Crippen molar-refractivity contribution in [2.45, 2.75) is 99.9 Å². The van der Waals surface area contributed by atoms with E-state index in [1.54, 1.807) is 0 Å². The number of allylic oxidation sites excluding steroid dienone is 1. The molecule has 5 aliphatic rings. The molecule has 0 radical (unpaired) electrons. The summed E-state index contributed by atoms with van der Waals surface area (Å²) >= 11 is 0. The molecule has 176 valence electrons. The van der Waals surface area contributed by atoms with Crippen molar-refractivity contribution in [2.75, 3.05) is 6.61 Å². The van der Waals surface area contributed by atoms with Crippen LogP contribution < -0.4 is 0 Å². The average molecular weight is 452 g/mol. The van der Waals surface area contributed by atoms with Gasteiger partial charge >= 0.3 is 12.1 Å². The molecule has 1 aliphatic heterocycles. The normalized spacial score (nSPS) is 46.0. The van der Waals surface area contributed by atoms with E-state index in [0.717, 1.165) is 37.7 Å². The second-order valence-electron chi connectivity index (χ2n) is 10.1. The van der Waals surface area contributed by atoms with Gasteiger partial charge in [-0.25, -0.2) is 0 Å². The third-order valence-electron chi connectivity index (χ3n) is 8.57. The van der Waals surface area contributed by atoms with Crippen LogP contribution in [0.15, 0.2) is 11.1 Å². The summed E-state index contributed by atoms with van der Waals surface area (Å²) < 4.78 is 77.6. The first-order chi connectivity index (χ1) is 14.5. The first-order valence-electron chi connectivity index (χ1n) is 11.3. The van der Waals surface area contributed by atoms with E-state index in [4.69, 9.17) is 9.47 Å². The molecule has 7 unspecified atom stereocenters. The molecule has 0 aromatic rings. The summed E-state index contributed by atoms with van der Waals surface area (Å²) in [4.78, 5) is 0. The van der Waals surface area contributed by atoms with Crippen LogP contribution in [0.1, 0.15) is 64.2 Å². The summed E-state index contributed by atoms with van der Waals surface area (Å²) in [7, 11) is 0. The summed E-state index contributed by atoms with van der Waals surface area (Å²) in [5.41, 5.74) is 0.821. The summed E-state index contributed by atoms with van der Waals surface area (Å²) in [5, 5.41) is 21.8. The predicted octanol–water partition coefficient (Wildman–Crippen LogP) is 4.49. The van der Waals surface area contributed by atoms with Gasteiger partial charge < -0.3 is 19.7 Å². The number of rotatable bonds is 1. The highest BCUT2D eigenvalue weighted by Crippen LogP contribution is 2.58. The number of hydrogen-bond donors (Lipinski definition) is 2. The highest BCUT2D eigenvalue weighted by Gasteiger charge is 2.66. The van der Waals surface area contributed by atoms with Crippen molar-refractivity contribution < 1.29 is 41.6 Å². The van der Waals surface area contributed by atoms with E-state index in [-0.39, 0.29) is 25.6 Å². The number of alkyl halides is 5. The molecule has 7 atom stereocenters. The molecule has 1 spiro atoms. The molecule has 3 saturated carbocycles. The summed E-state index contributed by atoms with van der Waals surface area (Å²) in [6, 6.07) is 0. The van der Waals surface area contributed by atoms with Gasteiger partial charge in [-0.2, -0.15) is 22.0 Å². The Kier molecular flexibility index (Phi) is 5.06. The maximum Gasteiger partial charge on any atom is 0.456 e. The molecular formula is C22H29F5O4. The van der Waals surface area contributed by atoms with Crippen LogP contribution in [-0.4, -0.2) is 52.5 Å². The topological polar surface area (TPSA) is 58.9 Å². The van der Waals surface area contributed by atoms with Crippen molar-refractivity contribution in [1.29, 1.82) is 0 Å². The SMILES string of the molecule is OC1CCC2C3CCC4(O)CC5(CCC4=C3CCC12)OCCC(C(F)(F)C(F)(F)F)O5. The highest BCUT2D eigenvalue weighted by molar-refractivity contribution is 5.34. The second kappa shape index (κ2) is 7.11. The zero-order valence-corrected chi connectivity index (χ0v) is 17.3. The van der Waals surface area contributed by atoms with E-state index in [2.05, 4.69) is 0 Å². The van der Waals surface area contributed by atoms with Gasteiger partial charge in [0, 0.05) is 19.3 Å². The second-order valence-corrected chi connectivity index (χ2v) is 10.1. The highest BCUT2D eigenvalue weighted by atomic mass is 19.4. The molecule has 0 amide bonds. The van der Waals surface area contributed by atoms with E-state index in [0.29, 0.717) is 30.6 Å². The van der Waals surface area contributed by atoms with Gasteiger partial charge in [-0.3, -0.25) is 0 Å². The fraction of sp³-hybridized carbons (Fsp3) is 0.909. The van der Waals surface area contributed by atoms with Gasteiger partial charge in [0.15, 0.2) is 5.79 Å². The zero-order chi connectivity index (χ0) is 22.2. The average Bonchev–Trinajstić information content (AvgIpc) is 3.07. The Morgan fingerprint density at radius 2 is 1.68 bits per heavy atom. The molecule has 4 fully saturated rings. The quantitative estimate of drug-likeness (QED) is 0.455. The molecule has 1 saturated heterocycles. The van der Waals surface area contributed by atoms with Gasteiger partial charge in [0.25, 0.3) is 0 Å². The molecular weight excluding hydrogens is 423 g/mol. The van der Waals surface area contributed by atoms with Crippen LogP contribution in [0.25, 0.3) is 0 Å². The summed E-state index contributed by atoms with van der Waals surface area (Å²) in [6.07, 6.45) is -3.85. The third-order valence-corrected chi connectivity index (χ3v) is 8.57. The van der Waals surface area contributed by atoms with Crippen LogP contribution in [0.4, 0.5) is 22.0 Å². The lowest BCUT2D eigenvalue weighted by Crippen LogP contribution is -2.60. The van der Waals surface area contributed by atoms with E-state index in [1.807, 2.05) is 0 Å². The first-order valence-corrected chi connectivity index (χ1v) is 11.3. The molecule has 4 aliphatic carbocycles. The van der Waals surface area contributed by atoms with Crippen molar-refractivity contribution >= 4 is 0 Å². The van der Waals surface area contributed by atoms with Crippen molar-refractivity contribution in [3.63, 3.8) is 0 Å². The predicted molar refractivity (Wildman–Crippen MR) is 99.2 cm³/mol. The van der Waals surface area contributed by atoms with Crippen molar-refractivity contribution in [3.05, 3.63) is 11.1 Å². The fourth-order valence-electron chi connectivity index (χ4n) is 7.16. The van der Waals surface area contributed by atoms with Gasteiger partial charge in [-0.15, -0.1) is 0 Å². The lowest BCUT2D eigenvalue weighted by atomic mass is 9.58. The first kappa shape index (κ1) is 22.0. The minimum Gasteiger partial charge on any atom is -0.393 e. The zero-order valence-electron chi connectivity index (χ0n) is 17.3. The van der Waals surface area contributed by atoms with E-state index < -0.39 is 36.0 Å². The number of ether oxygens (including phenoxy) is 2. The molecule has 2 N–H and O–H groups in total. The number of aliphatic hydroxyl groups is 2. The minimum atomic E-state index is -5.70. The molecule has 0 aromatic heterocycles. The Morgan fingerprint density at radius 1 is 0.903 bits per heavy atom. The Balaban J connectivity index is 1.39. The van der Waals surface area contributed by atoms with Crippen molar-refractivity contribution in [1.82, 2.24) is 0 Å². The largest absolute Gasteiger partial charge is 0.456 e. The Labute approximate surface area is 177 Å². The number of aliphatic hydroxyl groups excluding tert-OH is 1. The molecule has 0 aromatic carbocycles. The Hall–Kier alpha value is -0.770. The lowest BCUT2D eigenvalue weighted by molar-refractivity contribution is -0.388. The lowest BCUT2D eigenvalue weighted by Gasteiger charge is -2.54. The van der Waals surface area contributed by atoms with Crippen LogP contribution >= 0.6 is 0 Å². The van der Waals surface area contributed by atoms with Gasteiger partial charge in [0.1, 0.15) is 6.10 Å². The van der Waals surface area contributed by atoms with Gasteiger partial charge in [-0.1, -0.05) is 5.57 Å². The minimum absolute atomic E-state index is 0.118. The summed E-state index contributed by atoms with van der Waals surface area (Å²) in [6.45, 7) is -0.261. The van der Waals surface area contributed by atoms with Crippen LogP contribution in [0, 0.1) is 17.8 Å². The fourth-order valence-corrected chi connectivity index (χ4v) is 7.16. The Bertz CT molecular complexity index is 767. The van der Waals surface area contributed by atoms with E-state index in [1.165, 1.54) is 5.57 Å². The van der Waals surface area contributed by atoms with Gasteiger partial charge in [-0.05, 0) is 68.3 Å². The Morgan fingerprint density at radius 3 is 2.42 bits per heavy atom. The van der Waals surface area contributed by atoms with E-state index >= 15 is 0 Å². The van der Waals surface area contributed by atoms with Crippen molar-refractivity contribution in [2.24, 2.45) is 17.8 Å². The molecule has 31 heavy (non-hydrogen) atoms. The van der Waals surface area contributed by atoms with E-state index in [9.17, 15) is 32.2 Å². The molecule has 4 nitrogen and oxygen atoms in total. The number of hydrogen-bond acceptors (Lipinski definition) is 4. The third kappa shape index (κ3) is 3.37. The van der Waals surface area contributed by atoms with Gasteiger partial charge in [0.2, 0.25) is 0 Å². The van der Waals surface area contributed by atoms with Crippen LogP contribution in [-0.2, 0) is 9.47 Å². The molecule has 9 heteroatoms. The van der Waals surface area contributed by atoms with Gasteiger partial charge in [0.05, 0.1) is 18.3 Å². The monoisotopic (exact) mass is 452 g/mol. The standard InChI is InChI=1S/C22H29F5O4/c23-21(24,22(25,26)27)18-7-10-30-20(31-18)9-6-16-14-1-2-15-12(3-4-17(15)28)13(14)5-8-19(16,29)11-20/h12-13,15,17-18,28-29H,1-11H2. The number of halogens is 5. The smallest absolute Gasteiger partial charge is 0.393 e. The van der Waals surface area contributed by atoms with Crippen molar-refractivity contribution in [3.8, 4) is 0 Å². The maximum absolute atomic E-state index is 14.0. The number of fused-ring (bicyclic) bond motifs is 4. The van der Waals surface area contributed by atoms with Crippen LogP contribution in [0.3, 0.4) is 0 Å². The molecule has 0 bridgehead atoms. The molecule has 1 heterocycles. The maximum atomic E-state index is 14.0. The summed E-state index contributed by atoms with van der Waals surface area (Å²) in [5.74, 6) is -5.57. The van der Waals surface area contributed by atoms with Crippen LogP contribution in [0.2, 0.25) is 0 Å². The van der Waals surface area contributed by atoms with Crippen LogP contribution in [0.5, 0.6) is 0 Å². The molecule has 5 rings (SSSR count).